The van der Waals surface area contributed by atoms with Gasteiger partial charge in [0.05, 0.1) is 12.7 Å². The summed E-state index contributed by atoms with van der Waals surface area (Å²) < 4.78 is 5.34. The molecule has 0 N–H and O–H groups in total. The van der Waals surface area contributed by atoms with E-state index < -0.39 is 0 Å². The van der Waals surface area contributed by atoms with Crippen molar-refractivity contribution in [2.45, 2.75) is 38.2 Å². The van der Waals surface area contributed by atoms with E-state index in [1.54, 1.807) is 0 Å². The van der Waals surface area contributed by atoms with Gasteiger partial charge in [0.15, 0.2) is 6.10 Å². The Hall–Kier alpha value is -0.590. The first-order valence-corrected chi connectivity index (χ1v) is 6.12. The quantitative estimate of drug-likeness (QED) is 0.694. The van der Waals surface area contributed by atoms with Gasteiger partial charge in [0.2, 0.25) is 0 Å². The summed E-state index contributed by atoms with van der Waals surface area (Å²) in [7, 11) is 0. The average molecular weight is 208 g/mol. The van der Waals surface area contributed by atoms with Gasteiger partial charge in [0, 0.05) is 19.6 Å². The third kappa shape index (κ3) is 3.19. The molecule has 1 atom stereocenters. The molecule has 84 valence electrons. The minimum atomic E-state index is -0.192. The van der Waals surface area contributed by atoms with Crippen molar-refractivity contribution in [3.8, 4) is 6.07 Å². The van der Waals surface area contributed by atoms with Crippen LogP contribution in [0.25, 0.3) is 0 Å². The highest BCUT2D eigenvalue weighted by Gasteiger charge is 2.23. The van der Waals surface area contributed by atoms with E-state index in [1.807, 2.05) is 0 Å². The molecule has 2 rings (SSSR count). The number of ether oxygens (including phenoxy) is 1. The van der Waals surface area contributed by atoms with Crippen LogP contribution in [0.15, 0.2) is 0 Å². The summed E-state index contributed by atoms with van der Waals surface area (Å²) >= 11 is 0. The molecule has 2 fully saturated rings. The second-order valence-corrected chi connectivity index (χ2v) is 4.75. The Morgan fingerprint density at radius 3 is 2.80 bits per heavy atom. The van der Waals surface area contributed by atoms with Crippen LogP contribution in [0.2, 0.25) is 0 Å². The number of morpholine rings is 1. The van der Waals surface area contributed by atoms with E-state index in [4.69, 9.17) is 10.00 Å². The lowest BCUT2D eigenvalue weighted by Crippen LogP contribution is -2.44. The van der Waals surface area contributed by atoms with E-state index >= 15 is 0 Å². The molecule has 0 amide bonds. The number of nitrogens with zero attached hydrogens (tertiary/aromatic N) is 2. The summed E-state index contributed by atoms with van der Waals surface area (Å²) in [6.45, 7) is 3.73. The zero-order chi connectivity index (χ0) is 10.5. The predicted octanol–water partition coefficient (Wildman–Crippen LogP) is 1.79. The molecule has 0 aromatic carbocycles. The van der Waals surface area contributed by atoms with E-state index in [1.165, 1.54) is 38.6 Å². The highest BCUT2D eigenvalue weighted by Crippen LogP contribution is 2.24. The molecular weight excluding hydrogens is 188 g/mol. The molecule has 3 nitrogen and oxygen atoms in total. The van der Waals surface area contributed by atoms with Crippen molar-refractivity contribution in [3.05, 3.63) is 0 Å². The monoisotopic (exact) mass is 208 g/mol. The Morgan fingerprint density at radius 1 is 1.27 bits per heavy atom. The molecule has 1 saturated heterocycles. The van der Waals surface area contributed by atoms with Gasteiger partial charge in [0.25, 0.3) is 0 Å². The van der Waals surface area contributed by atoms with Gasteiger partial charge in [-0.1, -0.05) is 19.3 Å². The fourth-order valence-corrected chi connectivity index (χ4v) is 2.68. The summed E-state index contributed by atoms with van der Waals surface area (Å²) in [6, 6.07) is 2.21. The van der Waals surface area contributed by atoms with Crippen molar-refractivity contribution in [1.82, 2.24) is 4.90 Å². The maximum Gasteiger partial charge on any atom is 0.156 e. The number of rotatable bonds is 2. The van der Waals surface area contributed by atoms with Crippen LogP contribution in [-0.2, 0) is 4.74 Å². The predicted molar refractivity (Wildman–Crippen MR) is 58.4 cm³/mol. The largest absolute Gasteiger partial charge is 0.361 e. The average Bonchev–Trinajstić information content (AvgIpc) is 2.31. The lowest BCUT2D eigenvalue weighted by molar-refractivity contribution is -0.00694. The fraction of sp³-hybridized carbons (Fsp3) is 0.917. The first-order chi connectivity index (χ1) is 7.38. The standard InChI is InChI=1S/C12H20N2O/c13-8-12-10-14(6-7-15-12)9-11-4-2-1-3-5-11/h11-12H,1-7,9-10H2. The topological polar surface area (TPSA) is 36.3 Å². The van der Waals surface area contributed by atoms with Gasteiger partial charge in [-0.2, -0.15) is 5.26 Å². The van der Waals surface area contributed by atoms with Gasteiger partial charge in [-0.15, -0.1) is 0 Å². The van der Waals surface area contributed by atoms with E-state index in [0.717, 1.165) is 25.6 Å². The van der Waals surface area contributed by atoms with Gasteiger partial charge in [0.1, 0.15) is 0 Å². The van der Waals surface area contributed by atoms with Gasteiger partial charge < -0.3 is 4.74 Å². The highest BCUT2D eigenvalue weighted by molar-refractivity contribution is 4.89. The molecule has 0 aromatic rings. The Morgan fingerprint density at radius 2 is 2.07 bits per heavy atom. The van der Waals surface area contributed by atoms with Crippen molar-refractivity contribution >= 4 is 0 Å². The molecule has 1 unspecified atom stereocenters. The molecule has 1 aliphatic carbocycles. The minimum absolute atomic E-state index is 0.192. The maximum absolute atomic E-state index is 8.81. The first-order valence-electron chi connectivity index (χ1n) is 6.12. The van der Waals surface area contributed by atoms with E-state index in [2.05, 4.69) is 11.0 Å². The highest BCUT2D eigenvalue weighted by atomic mass is 16.5. The van der Waals surface area contributed by atoms with Crippen LogP contribution in [0.3, 0.4) is 0 Å². The molecule has 0 radical (unpaired) electrons. The van der Waals surface area contributed by atoms with Crippen molar-refractivity contribution in [2.75, 3.05) is 26.2 Å². The zero-order valence-electron chi connectivity index (χ0n) is 9.32. The summed E-state index contributed by atoms with van der Waals surface area (Å²) in [6.07, 6.45) is 6.79. The van der Waals surface area contributed by atoms with E-state index in [-0.39, 0.29) is 6.10 Å². The molecule has 1 heterocycles. The van der Waals surface area contributed by atoms with Crippen LogP contribution in [0.4, 0.5) is 0 Å². The van der Waals surface area contributed by atoms with Gasteiger partial charge in [-0.3, -0.25) is 4.90 Å². The van der Waals surface area contributed by atoms with Crippen LogP contribution in [0.1, 0.15) is 32.1 Å². The fourth-order valence-electron chi connectivity index (χ4n) is 2.68. The summed E-state index contributed by atoms with van der Waals surface area (Å²) in [5.74, 6) is 0.871. The van der Waals surface area contributed by atoms with Crippen LogP contribution < -0.4 is 0 Å². The molecule has 3 heteroatoms. The maximum atomic E-state index is 8.81. The number of hydrogen-bond donors (Lipinski definition) is 0. The lowest BCUT2D eigenvalue weighted by atomic mass is 9.89. The van der Waals surface area contributed by atoms with Gasteiger partial charge in [-0.25, -0.2) is 0 Å². The number of hydrogen-bond acceptors (Lipinski definition) is 3. The molecule has 15 heavy (non-hydrogen) atoms. The third-order valence-electron chi connectivity index (χ3n) is 3.54. The SMILES string of the molecule is N#CC1CN(CC2CCCCC2)CCO1. The Kier molecular flexibility index (Phi) is 3.99. The Labute approximate surface area is 92.0 Å². The Balaban J connectivity index is 1.75. The summed E-state index contributed by atoms with van der Waals surface area (Å²) in [4.78, 5) is 2.41. The minimum Gasteiger partial charge on any atom is -0.361 e. The van der Waals surface area contributed by atoms with Gasteiger partial charge in [-0.05, 0) is 18.8 Å². The normalized spacial score (nSPS) is 29.9. The smallest absolute Gasteiger partial charge is 0.156 e. The molecular formula is C12H20N2O. The molecule has 0 aromatic heterocycles. The lowest BCUT2D eigenvalue weighted by Gasteiger charge is -2.33. The molecule has 1 aliphatic heterocycles. The van der Waals surface area contributed by atoms with Crippen LogP contribution in [0.5, 0.6) is 0 Å². The number of nitriles is 1. The molecule has 0 spiro atoms. The van der Waals surface area contributed by atoms with Crippen molar-refractivity contribution in [1.29, 1.82) is 5.26 Å². The molecule has 0 bridgehead atoms. The zero-order valence-corrected chi connectivity index (χ0v) is 9.32. The second-order valence-electron chi connectivity index (χ2n) is 4.75. The summed E-state index contributed by atoms with van der Waals surface area (Å²) in [5, 5.41) is 8.81. The second kappa shape index (κ2) is 5.48. The van der Waals surface area contributed by atoms with Crippen LogP contribution in [-0.4, -0.2) is 37.2 Å². The van der Waals surface area contributed by atoms with Gasteiger partial charge >= 0.3 is 0 Å². The summed E-state index contributed by atoms with van der Waals surface area (Å²) in [5.41, 5.74) is 0. The Bertz CT molecular complexity index is 230. The van der Waals surface area contributed by atoms with E-state index in [0.29, 0.717) is 0 Å². The van der Waals surface area contributed by atoms with E-state index in [9.17, 15) is 0 Å². The van der Waals surface area contributed by atoms with Crippen molar-refractivity contribution in [3.63, 3.8) is 0 Å². The van der Waals surface area contributed by atoms with Crippen molar-refractivity contribution < 1.29 is 4.74 Å². The van der Waals surface area contributed by atoms with Crippen molar-refractivity contribution in [2.24, 2.45) is 5.92 Å². The third-order valence-corrected chi connectivity index (χ3v) is 3.54. The van der Waals surface area contributed by atoms with Crippen LogP contribution >= 0.6 is 0 Å². The molecule has 2 aliphatic rings. The molecule has 1 saturated carbocycles. The van der Waals surface area contributed by atoms with Crippen LogP contribution in [0, 0.1) is 17.2 Å². The first kappa shape index (κ1) is 10.9.